The van der Waals surface area contributed by atoms with Crippen molar-refractivity contribution < 1.29 is 0 Å². The van der Waals surface area contributed by atoms with Gasteiger partial charge in [0, 0.05) is 0 Å². The second kappa shape index (κ2) is 5.56. The lowest BCUT2D eigenvalue weighted by Gasteiger charge is -2.38. The number of hydrogen-bond donors (Lipinski definition) is 1. The van der Waals surface area contributed by atoms with Gasteiger partial charge in [-0.2, -0.15) is 4.68 Å². The summed E-state index contributed by atoms with van der Waals surface area (Å²) in [5.74, 6) is 1.72. The third-order valence-corrected chi connectivity index (χ3v) is 4.78. The lowest BCUT2D eigenvalue weighted by molar-refractivity contribution is 0.194. The van der Waals surface area contributed by atoms with Crippen molar-refractivity contribution in [3.63, 3.8) is 0 Å². The minimum atomic E-state index is -0.110. The molecule has 1 aromatic heterocycles. The fraction of sp³-hybridized carbons (Fsp3) is 0.562. The Balaban J connectivity index is 1.99. The summed E-state index contributed by atoms with van der Waals surface area (Å²) in [6.07, 6.45) is 4.58. The first-order valence-electron chi connectivity index (χ1n) is 7.69. The molecule has 1 aliphatic rings. The van der Waals surface area contributed by atoms with Crippen molar-refractivity contribution in [2.24, 2.45) is 5.92 Å². The maximum atomic E-state index is 4.35. The van der Waals surface area contributed by atoms with E-state index in [0.29, 0.717) is 0 Å². The predicted molar refractivity (Wildman–Crippen MR) is 82.3 cm³/mol. The molecule has 2 aromatic rings. The molecule has 0 aliphatic heterocycles. The monoisotopic (exact) mass is 285 g/mol. The number of rotatable bonds is 3. The summed E-state index contributed by atoms with van der Waals surface area (Å²) in [6.45, 7) is 4.41. The molecular weight excluding hydrogens is 262 g/mol. The average Bonchev–Trinajstić information content (AvgIpc) is 2.99. The van der Waals surface area contributed by atoms with Crippen molar-refractivity contribution in [2.75, 3.05) is 7.05 Å². The topological polar surface area (TPSA) is 55.6 Å². The van der Waals surface area contributed by atoms with Crippen molar-refractivity contribution in [2.45, 2.75) is 45.1 Å². The van der Waals surface area contributed by atoms with Gasteiger partial charge in [0.05, 0.1) is 11.2 Å². The zero-order valence-corrected chi connectivity index (χ0v) is 13.0. The Morgan fingerprint density at radius 2 is 1.86 bits per heavy atom. The van der Waals surface area contributed by atoms with E-state index in [2.05, 4.69) is 59.0 Å². The van der Waals surface area contributed by atoms with Gasteiger partial charge in [0.25, 0.3) is 0 Å². The van der Waals surface area contributed by atoms with Gasteiger partial charge in [0.1, 0.15) is 0 Å². The largest absolute Gasteiger partial charge is 0.308 e. The van der Waals surface area contributed by atoms with Gasteiger partial charge in [-0.25, -0.2) is 0 Å². The van der Waals surface area contributed by atoms with E-state index in [1.165, 1.54) is 18.4 Å². The smallest absolute Gasteiger partial charge is 0.176 e. The molecule has 1 fully saturated rings. The molecule has 0 amide bonds. The fourth-order valence-corrected chi connectivity index (χ4v) is 3.19. The molecule has 0 saturated heterocycles. The van der Waals surface area contributed by atoms with Crippen LogP contribution in [0.15, 0.2) is 24.3 Å². The molecular formula is C16H23N5. The summed E-state index contributed by atoms with van der Waals surface area (Å²) < 4.78 is 1.88. The highest BCUT2D eigenvalue weighted by atomic mass is 15.6. The van der Waals surface area contributed by atoms with E-state index in [4.69, 9.17) is 0 Å². The van der Waals surface area contributed by atoms with E-state index in [0.717, 1.165) is 30.3 Å². The normalized spacial score (nSPS) is 26.0. The summed E-state index contributed by atoms with van der Waals surface area (Å²) >= 11 is 0. The SMILES string of the molecule is CNC1(c2nnnn2-c2ccc(C)cc2)CCC(C)CC1. The highest BCUT2D eigenvalue weighted by Crippen LogP contribution is 2.38. The molecule has 1 saturated carbocycles. The van der Waals surface area contributed by atoms with Crippen LogP contribution in [0.1, 0.15) is 44.0 Å². The molecule has 5 heteroatoms. The fourth-order valence-electron chi connectivity index (χ4n) is 3.19. The predicted octanol–water partition coefficient (Wildman–Crippen LogP) is 2.60. The Labute approximate surface area is 125 Å². The van der Waals surface area contributed by atoms with E-state index in [-0.39, 0.29) is 5.54 Å². The number of nitrogens with one attached hydrogen (secondary N) is 1. The summed E-state index contributed by atoms with van der Waals surface area (Å²) in [7, 11) is 2.02. The molecule has 1 N–H and O–H groups in total. The molecule has 0 radical (unpaired) electrons. The molecule has 1 heterocycles. The lowest BCUT2D eigenvalue weighted by atomic mass is 9.76. The van der Waals surface area contributed by atoms with Gasteiger partial charge < -0.3 is 5.32 Å². The first-order valence-corrected chi connectivity index (χ1v) is 7.69. The third-order valence-electron chi connectivity index (χ3n) is 4.78. The van der Waals surface area contributed by atoms with Crippen LogP contribution in [0.25, 0.3) is 5.69 Å². The Kier molecular flexibility index (Phi) is 3.76. The number of tetrazole rings is 1. The van der Waals surface area contributed by atoms with Crippen LogP contribution in [0.3, 0.4) is 0 Å². The molecule has 0 bridgehead atoms. The molecule has 0 atom stereocenters. The number of benzene rings is 1. The van der Waals surface area contributed by atoms with Crippen LogP contribution in [0, 0.1) is 12.8 Å². The van der Waals surface area contributed by atoms with Crippen molar-refractivity contribution in [3.05, 3.63) is 35.7 Å². The van der Waals surface area contributed by atoms with Crippen LogP contribution in [0.2, 0.25) is 0 Å². The first kappa shape index (κ1) is 14.2. The summed E-state index contributed by atoms with van der Waals surface area (Å²) in [5.41, 5.74) is 2.15. The van der Waals surface area contributed by atoms with Crippen LogP contribution >= 0.6 is 0 Å². The number of aromatic nitrogens is 4. The molecule has 1 aromatic carbocycles. The highest BCUT2D eigenvalue weighted by molar-refractivity contribution is 5.34. The standard InChI is InChI=1S/C16H23N5/c1-12-4-6-14(7-5-12)21-15(18-19-20-21)16(17-3)10-8-13(2)9-11-16/h4-7,13,17H,8-11H2,1-3H3. The summed E-state index contributed by atoms with van der Waals surface area (Å²) in [5, 5.41) is 16.0. The number of hydrogen-bond acceptors (Lipinski definition) is 4. The van der Waals surface area contributed by atoms with Gasteiger partial charge in [0.2, 0.25) is 0 Å². The van der Waals surface area contributed by atoms with E-state index >= 15 is 0 Å². The maximum Gasteiger partial charge on any atom is 0.176 e. The second-order valence-electron chi connectivity index (χ2n) is 6.26. The second-order valence-corrected chi connectivity index (χ2v) is 6.26. The lowest BCUT2D eigenvalue weighted by Crippen LogP contribution is -2.45. The molecule has 0 spiro atoms. The Morgan fingerprint density at radius 1 is 1.19 bits per heavy atom. The van der Waals surface area contributed by atoms with Crippen LogP contribution < -0.4 is 5.32 Å². The Bertz CT molecular complexity index is 593. The van der Waals surface area contributed by atoms with Crippen molar-refractivity contribution in [3.8, 4) is 5.69 Å². The molecule has 0 unspecified atom stereocenters. The van der Waals surface area contributed by atoms with Crippen molar-refractivity contribution in [1.82, 2.24) is 25.5 Å². The van der Waals surface area contributed by atoms with Crippen LogP contribution in [0.4, 0.5) is 0 Å². The van der Waals surface area contributed by atoms with Gasteiger partial charge >= 0.3 is 0 Å². The number of aryl methyl sites for hydroxylation is 1. The van der Waals surface area contributed by atoms with E-state index in [1.807, 2.05) is 11.7 Å². The number of nitrogens with zero attached hydrogens (tertiary/aromatic N) is 4. The minimum Gasteiger partial charge on any atom is -0.308 e. The van der Waals surface area contributed by atoms with Gasteiger partial charge in [-0.15, -0.1) is 5.10 Å². The quantitative estimate of drug-likeness (QED) is 0.942. The highest BCUT2D eigenvalue weighted by Gasteiger charge is 2.39. The summed E-state index contributed by atoms with van der Waals surface area (Å²) in [6, 6.07) is 8.33. The Hall–Kier alpha value is -1.75. The molecule has 21 heavy (non-hydrogen) atoms. The van der Waals surface area contributed by atoms with Gasteiger partial charge in [-0.05, 0) is 68.1 Å². The minimum absolute atomic E-state index is 0.110. The van der Waals surface area contributed by atoms with Gasteiger partial charge in [-0.1, -0.05) is 24.6 Å². The van der Waals surface area contributed by atoms with Crippen molar-refractivity contribution >= 4 is 0 Å². The Morgan fingerprint density at radius 3 is 2.48 bits per heavy atom. The average molecular weight is 285 g/mol. The van der Waals surface area contributed by atoms with E-state index in [1.54, 1.807) is 0 Å². The third kappa shape index (κ3) is 2.58. The van der Waals surface area contributed by atoms with Gasteiger partial charge in [-0.3, -0.25) is 0 Å². The molecule has 3 rings (SSSR count). The van der Waals surface area contributed by atoms with Crippen molar-refractivity contribution in [1.29, 1.82) is 0 Å². The summed E-state index contributed by atoms with van der Waals surface area (Å²) in [4.78, 5) is 0. The molecule has 5 nitrogen and oxygen atoms in total. The maximum absolute atomic E-state index is 4.35. The van der Waals surface area contributed by atoms with Crippen LogP contribution in [0.5, 0.6) is 0 Å². The molecule has 1 aliphatic carbocycles. The van der Waals surface area contributed by atoms with Crippen LogP contribution in [-0.2, 0) is 5.54 Å². The molecule has 112 valence electrons. The first-order chi connectivity index (χ1) is 10.1. The van der Waals surface area contributed by atoms with Crippen LogP contribution in [-0.4, -0.2) is 27.3 Å². The zero-order chi connectivity index (χ0) is 14.9. The zero-order valence-electron chi connectivity index (χ0n) is 13.0. The van der Waals surface area contributed by atoms with Gasteiger partial charge in [0.15, 0.2) is 5.82 Å². The van der Waals surface area contributed by atoms with E-state index < -0.39 is 0 Å². The van der Waals surface area contributed by atoms with E-state index in [9.17, 15) is 0 Å².